The summed E-state index contributed by atoms with van der Waals surface area (Å²) in [5.74, 6) is -0.234. The van der Waals surface area contributed by atoms with Gasteiger partial charge in [-0.2, -0.15) is 0 Å². The first-order valence-electron chi connectivity index (χ1n) is 7.03. The summed E-state index contributed by atoms with van der Waals surface area (Å²) in [7, 11) is 1.38. The first-order valence-corrected chi connectivity index (χ1v) is 7.91. The third kappa shape index (κ3) is 3.69. The van der Waals surface area contributed by atoms with Crippen molar-refractivity contribution in [1.82, 2.24) is 4.98 Å². The molecule has 0 radical (unpaired) electrons. The molecule has 1 heterocycles. The molecule has 2 unspecified atom stereocenters. The molecule has 1 saturated carbocycles. The average molecular weight is 308 g/mol. The number of hydrogen-bond donors (Lipinski definition) is 1. The SMILES string of the molecule is C=C(C(=O)OC)C1CCCCC1c1csc(NC(C)=O)n1. The van der Waals surface area contributed by atoms with Crippen LogP contribution in [0, 0.1) is 5.92 Å². The van der Waals surface area contributed by atoms with Crippen LogP contribution in [0.2, 0.25) is 0 Å². The Morgan fingerprint density at radius 3 is 2.81 bits per heavy atom. The minimum absolute atomic E-state index is 0.0680. The molecule has 5 nitrogen and oxygen atoms in total. The first kappa shape index (κ1) is 15.7. The number of esters is 1. The van der Waals surface area contributed by atoms with Gasteiger partial charge < -0.3 is 10.1 Å². The highest BCUT2D eigenvalue weighted by atomic mass is 32.1. The van der Waals surface area contributed by atoms with Gasteiger partial charge in [0.05, 0.1) is 12.8 Å². The molecule has 114 valence electrons. The van der Waals surface area contributed by atoms with Gasteiger partial charge in [-0.25, -0.2) is 9.78 Å². The maximum Gasteiger partial charge on any atom is 0.333 e. The van der Waals surface area contributed by atoms with Gasteiger partial charge in [-0.15, -0.1) is 11.3 Å². The summed E-state index contributed by atoms with van der Waals surface area (Å²) in [6, 6.07) is 0. The summed E-state index contributed by atoms with van der Waals surface area (Å²) >= 11 is 1.41. The summed E-state index contributed by atoms with van der Waals surface area (Å²) in [5.41, 5.74) is 1.45. The van der Waals surface area contributed by atoms with E-state index in [2.05, 4.69) is 16.9 Å². The van der Waals surface area contributed by atoms with Gasteiger partial charge >= 0.3 is 5.97 Å². The number of aromatic nitrogens is 1. The highest BCUT2D eigenvalue weighted by Gasteiger charge is 2.33. The molecule has 1 fully saturated rings. The number of anilines is 1. The first-order chi connectivity index (χ1) is 10.0. The summed E-state index contributed by atoms with van der Waals surface area (Å²) < 4.78 is 4.79. The van der Waals surface area contributed by atoms with Crippen LogP contribution >= 0.6 is 11.3 Å². The van der Waals surface area contributed by atoms with Gasteiger partial charge in [-0.3, -0.25) is 4.79 Å². The van der Waals surface area contributed by atoms with Crippen LogP contribution in [-0.2, 0) is 14.3 Å². The lowest BCUT2D eigenvalue weighted by Gasteiger charge is -2.30. The van der Waals surface area contributed by atoms with Crippen LogP contribution in [0.5, 0.6) is 0 Å². The zero-order valence-electron chi connectivity index (χ0n) is 12.3. The average Bonchev–Trinajstić information content (AvgIpc) is 2.93. The van der Waals surface area contributed by atoms with Crippen molar-refractivity contribution in [3.8, 4) is 0 Å². The topological polar surface area (TPSA) is 68.3 Å². The summed E-state index contributed by atoms with van der Waals surface area (Å²) in [6.45, 7) is 5.37. The summed E-state index contributed by atoms with van der Waals surface area (Å²) in [5, 5.41) is 5.26. The minimum atomic E-state index is -0.343. The van der Waals surface area contributed by atoms with Crippen LogP contribution < -0.4 is 5.32 Å². The molecule has 0 saturated heterocycles. The Hall–Kier alpha value is -1.69. The predicted molar refractivity (Wildman–Crippen MR) is 82.3 cm³/mol. The van der Waals surface area contributed by atoms with Crippen molar-refractivity contribution in [3.63, 3.8) is 0 Å². The summed E-state index contributed by atoms with van der Waals surface area (Å²) in [6.07, 6.45) is 4.10. The second-order valence-corrected chi connectivity index (χ2v) is 6.13. The fraction of sp³-hybridized carbons (Fsp3) is 0.533. The molecular weight excluding hydrogens is 288 g/mol. The number of carbonyl (C=O) groups is 2. The van der Waals surface area contributed by atoms with Crippen molar-refractivity contribution in [1.29, 1.82) is 0 Å². The lowest BCUT2D eigenvalue weighted by molar-refractivity contribution is -0.136. The van der Waals surface area contributed by atoms with E-state index in [1.54, 1.807) is 0 Å². The number of thiazole rings is 1. The normalized spacial score (nSPS) is 21.6. The van der Waals surface area contributed by atoms with E-state index in [9.17, 15) is 9.59 Å². The fourth-order valence-electron chi connectivity index (χ4n) is 2.85. The fourth-order valence-corrected chi connectivity index (χ4v) is 3.67. The van der Waals surface area contributed by atoms with E-state index in [1.165, 1.54) is 25.4 Å². The molecule has 1 aromatic rings. The lowest BCUT2D eigenvalue weighted by atomic mass is 9.74. The quantitative estimate of drug-likeness (QED) is 0.685. The molecule has 1 aliphatic rings. The highest BCUT2D eigenvalue weighted by molar-refractivity contribution is 7.13. The van der Waals surface area contributed by atoms with Crippen LogP contribution in [0.25, 0.3) is 0 Å². The van der Waals surface area contributed by atoms with Crippen molar-refractivity contribution in [2.75, 3.05) is 12.4 Å². The molecule has 0 spiro atoms. The Labute approximate surface area is 128 Å². The van der Waals surface area contributed by atoms with Crippen LogP contribution in [-0.4, -0.2) is 24.0 Å². The molecule has 1 aromatic heterocycles. The maximum absolute atomic E-state index is 11.7. The number of ether oxygens (including phenoxy) is 1. The molecule has 0 bridgehead atoms. The number of hydrogen-bond acceptors (Lipinski definition) is 5. The molecule has 21 heavy (non-hydrogen) atoms. The van der Waals surface area contributed by atoms with Crippen molar-refractivity contribution in [3.05, 3.63) is 23.2 Å². The maximum atomic E-state index is 11.7. The number of methoxy groups -OCH3 is 1. The second-order valence-electron chi connectivity index (χ2n) is 5.27. The van der Waals surface area contributed by atoms with E-state index >= 15 is 0 Å². The van der Waals surface area contributed by atoms with E-state index in [1.807, 2.05) is 5.38 Å². The molecule has 1 amide bonds. The van der Waals surface area contributed by atoms with E-state index in [0.717, 1.165) is 31.4 Å². The molecular formula is C15H20N2O3S. The van der Waals surface area contributed by atoms with Gasteiger partial charge in [0.2, 0.25) is 5.91 Å². The van der Waals surface area contributed by atoms with E-state index in [-0.39, 0.29) is 23.7 Å². The van der Waals surface area contributed by atoms with Crippen LogP contribution in [0.3, 0.4) is 0 Å². The Morgan fingerprint density at radius 2 is 2.14 bits per heavy atom. The van der Waals surface area contributed by atoms with Crippen molar-refractivity contribution in [2.24, 2.45) is 5.92 Å². The third-order valence-corrected chi connectivity index (χ3v) is 4.62. The zero-order chi connectivity index (χ0) is 15.4. The van der Waals surface area contributed by atoms with Gasteiger partial charge in [-0.05, 0) is 18.8 Å². The van der Waals surface area contributed by atoms with Crippen LogP contribution in [0.15, 0.2) is 17.5 Å². The Balaban J connectivity index is 2.18. The molecule has 2 rings (SSSR count). The van der Waals surface area contributed by atoms with Gasteiger partial charge in [0.25, 0.3) is 0 Å². The molecule has 1 aliphatic carbocycles. The Kier molecular flexibility index (Phi) is 5.12. The van der Waals surface area contributed by atoms with Crippen molar-refractivity contribution < 1.29 is 14.3 Å². The minimum Gasteiger partial charge on any atom is -0.466 e. The zero-order valence-corrected chi connectivity index (χ0v) is 13.2. The van der Waals surface area contributed by atoms with E-state index in [4.69, 9.17) is 4.74 Å². The highest BCUT2D eigenvalue weighted by Crippen LogP contribution is 2.42. The van der Waals surface area contributed by atoms with Crippen LogP contribution in [0.1, 0.15) is 44.2 Å². The van der Waals surface area contributed by atoms with E-state index in [0.29, 0.717) is 10.7 Å². The van der Waals surface area contributed by atoms with Crippen molar-refractivity contribution >= 4 is 28.3 Å². The van der Waals surface area contributed by atoms with Crippen molar-refractivity contribution in [2.45, 2.75) is 38.5 Å². The smallest absolute Gasteiger partial charge is 0.333 e. The predicted octanol–water partition coefficient (Wildman–Crippen LogP) is 3.10. The van der Waals surface area contributed by atoms with Gasteiger partial charge in [-0.1, -0.05) is 19.4 Å². The molecule has 0 aliphatic heterocycles. The third-order valence-electron chi connectivity index (χ3n) is 3.85. The molecule has 6 heteroatoms. The van der Waals surface area contributed by atoms with Gasteiger partial charge in [0, 0.05) is 23.8 Å². The van der Waals surface area contributed by atoms with Crippen LogP contribution in [0.4, 0.5) is 5.13 Å². The van der Waals surface area contributed by atoms with Gasteiger partial charge in [0.15, 0.2) is 5.13 Å². The monoisotopic (exact) mass is 308 g/mol. The Bertz CT molecular complexity index is 553. The number of amides is 1. The largest absolute Gasteiger partial charge is 0.466 e. The molecule has 2 atom stereocenters. The summed E-state index contributed by atoms with van der Waals surface area (Å²) in [4.78, 5) is 27.3. The number of rotatable bonds is 4. The second kappa shape index (κ2) is 6.85. The van der Waals surface area contributed by atoms with E-state index < -0.39 is 0 Å². The Morgan fingerprint density at radius 1 is 1.43 bits per heavy atom. The molecule has 1 N–H and O–H groups in total. The lowest BCUT2D eigenvalue weighted by Crippen LogP contribution is -2.24. The molecule has 0 aromatic carbocycles. The number of nitrogens with zero attached hydrogens (tertiary/aromatic N) is 1. The number of carbonyl (C=O) groups excluding carboxylic acids is 2. The van der Waals surface area contributed by atoms with Gasteiger partial charge in [0.1, 0.15) is 0 Å². The number of nitrogens with one attached hydrogen (secondary N) is 1. The standard InChI is InChI=1S/C15H20N2O3S/c1-9(14(19)20-3)11-6-4-5-7-12(11)13-8-21-15(17-13)16-10(2)18/h8,11-12H,1,4-7H2,2-3H3,(H,16,17,18).